The van der Waals surface area contributed by atoms with Crippen molar-refractivity contribution >= 4 is 11.6 Å². The number of nitrogens with zero attached hydrogens (tertiary/aromatic N) is 1. The highest BCUT2D eigenvalue weighted by Gasteiger charge is 2.27. The Kier molecular flexibility index (Phi) is 4.39. The van der Waals surface area contributed by atoms with Gasteiger partial charge in [0.2, 0.25) is 0 Å². The molecular formula is C18H22N2O3. The molecule has 1 aromatic carbocycles. The third kappa shape index (κ3) is 3.24. The van der Waals surface area contributed by atoms with Crippen molar-refractivity contribution in [3.63, 3.8) is 0 Å². The van der Waals surface area contributed by atoms with Gasteiger partial charge in [0, 0.05) is 30.4 Å². The molecular weight excluding hydrogens is 292 g/mol. The number of hydrogen-bond acceptors (Lipinski definition) is 4. The molecule has 0 radical (unpaired) electrons. The number of anilines is 1. The Hall–Kier alpha value is -2.27. The fourth-order valence-electron chi connectivity index (χ4n) is 3.03. The molecule has 2 unspecified atom stereocenters. The third-order valence-electron chi connectivity index (χ3n) is 4.20. The second kappa shape index (κ2) is 6.46. The van der Waals surface area contributed by atoms with Crippen LogP contribution in [0.25, 0.3) is 0 Å². The average molecular weight is 314 g/mol. The van der Waals surface area contributed by atoms with Crippen LogP contribution >= 0.6 is 0 Å². The Morgan fingerprint density at radius 3 is 3.00 bits per heavy atom. The number of furan rings is 1. The lowest BCUT2D eigenvalue weighted by Gasteiger charge is -2.24. The van der Waals surface area contributed by atoms with Crippen LogP contribution in [-0.2, 0) is 13.0 Å². The first-order chi connectivity index (χ1) is 11.1. The number of nitrogens with one attached hydrogen (secondary N) is 1. The van der Waals surface area contributed by atoms with E-state index in [1.807, 2.05) is 12.1 Å². The van der Waals surface area contributed by atoms with Crippen LogP contribution in [0.3, 0.4) is 0 Å². The van der Waals surface area contributed by atoms with Crippen molar-refractivity contribution < 1.29 is 14.3 Å². The van der Waals surface area contributed by atoms with Gasteiger partial charge < -0.3 is 19.7 Å². The van der Waals surface area contributed by atoms with Gasteiger partial charge in [0.25, 0.3) is 5.91 Å². The molecule has 5 heteroatoms. The van der Waals surface area contributed by atoms with Gasteiger partial charge in [-0.3, -0.25) is 4.79 Å². The van der Waals surface area contributed by atoms with Gasteiger partial charge >= 0.3 is 0 Å². The van der Waals surface area contributed by atoms with E-state index in [1.165, 1.54) is 11.3 Å². The average Bonchev–Trinajstić information content (AvgIpc) is 3.10. The lowest BCUT2D eigenvalue weighted by atomic mass is 10.1. The van der Waals surface area contributed by atoms with Gasteiger partial charge in [0.05, 0.1) is 12.4 Å². The number of carbonyl (C=O) groups is 1. The van der Waals surface area contributed by atoms with Crippen molar-refractivity contribution in [2.24, 2.45) is 0 Å². The largest absolute Gasteiger partial charge is 0.459 e. The smallest absolute Gasteiger partial charge is 0.287 e. The predicted octanol–water partition coefficient (Wildman–Crippen LogP) is 2.34. The lowest BCUT2D eigenvalue weighted by molar-refractivity contribution is 0.0895. The van der Waals surface area contributed by atoms with Gasteiger partial charge in [0.15, 0.2) is 5.76 Å². The number of hydrogen-bond donors (Lipinski definition) is 2. The molecule has 2 aromatic rings. The van der Waals surface area contributed by atoms with Crippen molar-refractivity contribution in [1.29, 1.82) is 0 Å². The van der Waals surface area contributed by atoms with Crippen molar-refractivity contribution in [1.82, 2.24) is 5.32 Å². The normalized spacial score (nSPS) is 17.9. The quantitative estimate of drug-likeness (QED) is 0.889. The maximum atomic E-state index is 12.2. The van der Waals surface area contributed by atoms with Crippen molar-refractivity contribution in [3.8, 4) is 0 Å². The Morgan fingerprint density at radius 1 is 1.43 bits per heavy atom. The summed E-state index contributed by atoms with van der Waals surface area (Å²) in [6.07, 6.45) is 1.97. The van der Waals surface area contributed by atoms with Crippen LogP contribution in [0.15, 0.2) is 41.0 Å². The molecule has 0 fully saturated rings. The number of rotatable bonds is 5. The van der Waals surface area contributed by atoms with E-state index < -0.39 is 6.10 Å². The van der Waals surface area contributed by atoms with E-state index >= 15 is 0 Å². The van der Waals surface area contributed by atoms with Gasteiger partial charge in [-0.1, -0.05) is 18.2 Å². The van der Waals surface area contributed by atoms with E-state index in [0.717, 1.165) is 12.0 Å². The van der Waals surface area contributed by atoms with Gasteiger partial charge in [-0.05, 0) is 38.0 Å². The zero-order valence-electron chi connectivity index (χ0n) is 13.5. The minimum Gasteiger partial charge on any atom is -0.459 e. The molecule has 23 heavy (non-hydrogen) atoms. The van der Waals surface area contributed by atoms with Crippen LogP contribution in [0.4, 0.5) is 5.69 Å². The zero-order chi connectivity index (χ0) is 16.4. The number of aliphatic hydroxyl groups is 1. The fraction of sp³-hybridized carbons (Fsp3) is 0.389. The second-order valence-electron chi connectivity index (χ2n) is 6.14. The molecule has 1 aliphatic heterocycles. The highest BCUT2D eigenvalue weighted by molar-refractivity contribution is 5.93. The summed E-state index contributed by atoms with van der Waals surface area (Å²) < 4.78 is 5.37. The maximum Gasteiger partial charge on any atom is 0.287 e. The van der Waals surface area contributed by atoms with E-state index in [0.29, 0.717) is 18.3 Å². The van der Waals surface area contributed by atoms with Crippen LogP contribution in [0.2, 0.25) is 0 Å². The standard InChI is InChI=1S/C18H22N2O3/c1-12-9-14-5-3-4-6-16(14)20(12)11-15-7-8-23-17(15)18(22)19-10-13(2)21/h3-8,12-13,21H,9-11H2,1-2H3,(H,19,22). The molecule has 0 saturated heterocycles. The molecule has 3 rings (SSSR count). The number of amides is 1. The summed E-state index contributed by atoms with van der Waals surface area (Å²) in [5.74, 6) is 0.0354. The molecule has 2 atom stereocenters. The Morgan fingerprint density at radius 2 is 2.22 bits per heavy atom. The predicted molar refractivity (Wildman–Crippen MR) is 88.5 cm³/mol. The molecule has 2 N–H and O–H groups in total. The number of fused-ring (bicyclic) bond motifs is 1. The molecule has 2 heterocycles. The van der Waals surface area contributed by atoms with E-state index in [2.05, 4.69) is 35.3 Å². The van der Waals surface area contributed by atoms with Gasteiger partial charge in [0.1, 0.15) is 0 Å². The third-order valence-corrected chi connectivity index (χ3v) is 4.20. The first-order valence-corrected chi connectivity index (χ1v) is 7.93. The van der Waals surface area contributed by atoms with Crippen LogP contribution < -0.4 is 10.2 Å². The topological polar surface area (TPSA) is 65.7 Å². The van der Waals surface area contributed by atoms with Gasteiger partial charge in [-0.15, -0.1) is 0 Å². The molecule has 0 aliphatic carbocycles. The van der Waals surface area contributed by atoms with Crippen molar-refractivity contribution in [3.05, 3.63) is 53.5 Å². The molecule has 1 aromatic heterocycles. The second-order valence-corrected chi connectivity index (χ2v) is 6.14. The molecule has 5 nitrogen and oxygen atoms in total. The first kappa shape index (κ1) is 15.6. The Bertz CT molecular complexity index is 693. The SMILES string of the molecule is CC(O)CNC(=O)c1occc1CN1c2ccccc2CC1C. The molecule has 0 spiro atoms. The van der Waals surface area contributed by atoms with E-state index in [1.54, 1.807) is 13.2 Å². The summed E-state index contributed by atoms with van der Waals surface area (Å²) in [7, 11) is 0. The highest BCUT2D eigenvalue weighted by atomic mass is 16.3. The van der Waals surface area contributed by atoms with Crippen LogP contribution in [-0.4, -0.2) is 29.7 Å². The summed E-state index contributed by atoms with van der Waals surface area (Å²) in [5.41, 5.74) is 3.41. The fourth-order valence-corrected chi connectivity index (χ4v) is 3.03. The van der Waals surface area contributed by atoms with Gasteiger partial charge in [-0.25, -0.2) is 0 Å². The summed E-state index contributed by atoms with van der Waals surface area (Å²) in [6, 6.07) is 10.6. The minimum absolute atomic E-state index is 0.210. The number of benzene rings is 1. The molecule has 1 amide bonds. The maximum absolute atomic E-state index is 12.2. The van der Waals surface area contributed by atoms with Crippen molar-refractivity contribution in [2.75, 3.05) is 11.4 Å². The molecule has 122 valence electrons. The number of para-hydroxylation sites is 1. The molecule has 1 aliphatic rings. The monoisotopic (exact) mass is 314 g/mol. The minimum atomic E-state index is -0.581. The van der Waals surface area contributed by atoms with Crippen LogP contribution in [0.1, 0.15) is 35.5 Å². The summed E-state index contributed by atoms with van der Waals surface area (Å²) in [4.78, 5) is 14.5. The molecule has 0 saturated carbocycles. The first-order valence-electron chi connectivity index (χ1n) is 7.93. The Labute approximate surface area is 135 Å². The lowest BCUT2D eigenvalue weighted by Crippen LogP contribution is -2.32. The van der Waals surface area contributed by atoms with Crippen LogP contribution in [0.5, 0.6) is 0 Å². The molecule has 0 bridgehead atoms. The number of carbonyl (C=O) groups excluding carboxylic acids is 1. The van der Waals surface area contributed by atoms with Crippen LogP contribution in [0, 0.1) is 0 Å². The van der Waals surface area contributed by atoms with E-state index in [4.69, 9.17) is 4.42 Å². The Balaban J connectivity index is 1.77. The summed E-state index contributed by atoms with van der Waals surface area (Å²) >= 11 is 0. The van der Waals surface area contributed by atoms with E-state index in [-0.39, 0.29) is 12.5 Å². The summed E-state index contributed by atoms with van der Waals surface area (Å²) in [5, 5.41) is 12.0. The van der Waals surface area contributed by atoms with E-state index in [9.17, 15) is 9.90 Å². The highest BCUT2D eigenvalue weighted by Crippen LogP contribution is 2.33. The van der Waals surface area contributed by atoms with Gasteiger partial charge in [-0.2, -0.15) is 0 Å². The summed E-state index contributed by atoms with van der Waals surface area (Å²) in [6.45, 7) is 4.66. The van der Waals surface area contributed by atoms with Crippen molar-refractivity contribution in [2.45, 2.75) is 39.0 Å². The number of aliphatic hydroxyl groups excluding tert-OH is 1. The zero-order valence-corrected chi connectivity index (χ0v) is 13.5.